The van der Waals surface area contributed by atoms with Crippen molar-refractivity contribution in [1.29, 1.82) is 0 Å². The van der Waals surface area contributed by atoms with E-state index in [-0.39, 0.29) is 23.7 Å². The zero-order valence-electron chi connectivity index (χ0n) is 17.0. The van der Waals surface area contributed by atoms with Gasteiger partial charge in [-0.3, -0.25) is 9.59 Å². The Morgan fingerprint density at radius 3 is 2.55 bits per heavy atom. The molecule has 31 heavy (non-hydrogen) atoms. The van der Waals surface area contributed by atoms with Gasteiger partial charge in [-0.1, -0.05) is 24.3 Å². The first kappa shape index (κ1) is 21.9. The Labute approximate surface area is 177 Å². The molecule has 0 fully saturated rings. The van der Waals surface area contributed by atoms with Gasteiger partial charge in [0, 0.05) is 18.3 Å². The number of hydrogen-bond donors (Lipinski definition) is 1. The molecule has 1 amide bonds. The van der Waals surface area contributed by atoms with Crippen LogP contribution in [0.25, 0.3) is 5.69 Å². The summed E-state index contributed by atoms with van der Waals surface area (Å²) in [4.78, 5) is 24.8. The number of methoxy groups -OCH3 is 1. The first-order valence-corrected chi connectivity index (χ1v) is 9.45. The minimum Gasteiger partial charge on any atom is -0.493 e. The van der Waals surface area contributed by atoms with Gasteiger partial charge in [-0.25, -0.2) is 4.68 Å². The molecule has 0 aliphatic rings. The van der Waals surface area contributed by atoms with E-state index in [0.29, 0.717) is 17.7 Å². The normalized spacial score (nSPS) is 10.7. The summed E-state index contributed by atoms with van der Waals surface area (Å²) in [5.74, 6) is -0.530. The molecule has 162 valence electrons. The summed E-state index contributed by atoms with van der Waals surface area (Å²) in [6.45, 7) is -1.09. The van der Waals surface area contributed by atoms with Crippen LogP contribution >= 0.6 is 0 Å². The number of carbonyl (C=O) groups is 1. The van der Waals surface area contributed by atoms with E-state index in [1.165, 1.54) is 30.0 Å². The summed E-state index contributed by atoms with van der Waals surface area (Å²) in [5.41, 5.74) is 1.25. The van der Waals surface area contributed by atoms with Crippen LogP contribution < -0.4 is 20.2 Å². The summed E-state index contributed by atoms with van der Waals surface area (Å²) in [6.07, 6.45) is 0.327. The number of nitrogens with zero attached hydrogens (tertiary/aromatic N) is 2. The van der Waals surface area contributed by atoms with Crippen LogP contribution in [-0.2, 0) is 6.42 Å². The van der Waals surface area contributed by atoms with E-state index in [4.69, 9.17) is 4.74 Å². The molecule has 0 aliphatic carbocycles. The average Bonchev–Trinajstić information content (AvgIpc) is 2.74. The number of alkyl halides is 2. The SMILES string of the molecule is COc1ccc(CCNC(=O)c2nn(-c3ccccc3)c(C)cc2=O)cc1OC(F)F. The van der Waals surface area contributed by atoms with Gasteiger partial charge in [0.05, 0.1) is 12.8 Å². The molecule has 0 radical (unpaired) electrons. The van der Waals surface area contributed by atoms with Gasteiger partial charge >= 0.3 is 6.61 Å². The van der Waals surface area contributed by atoms with Crippen molar-refractivity contribution in [2.24, 2.45) is 0 Å². The van der Waals surface area contributed by atoms with Crippen LogP contribution in [0.4, 0.5) is 8.78 Å². The van der Waals surface area contributed by atoms with Crippen LogP contribution in [0.2, 0.25) is 0 Å². The number of para-hydroxylation sites is 1. The highest BCUT2D eigenvalue weighted by molar-refractivity contribution is 5.92. The van der Waals surface area contributed by atoms with Gasteiger partial charge in [-0.15, -0.1) is 0 Å². The smallest absolute Gasteiger partial charge is 0.387 e. The lowest BCUT2D eigenvalue weighted by Crippen LogP contribution is -2.33. The van der Waals surface area contributed by atoms with Gasteiger partial charge in [0.1, 0.15) is 0 Å². The van der Waals surface area contributed by atoms with Gasteiger partial charge in [-0.05, 0) is 43.2 Å². The molecule has 0 spiro atoms. The summed E-state index contributed by atoms with van der Waals surface area (Å²) < 4.78 is 36.1. The van der Waals surface area contributed by atoms with E-state index in [0.717, 1.165) is 5.69 Å². The van der Waals surface area contributed by atoms with E-state index in [1.807, 2.05) is 30.3 Å². The van der Waals surface area contributed by atoms with Crippen LogP contribution in [0.15, 0.2) is 59.4 Å². The molecule has 0 atom stereocenters. The second-order valence-corrected chi connectivity index (χ2v) is 6.62. The number of ether oxygens (including phenoxy) is 2. The van der Waals surface area contributed by atoms with Crippen molar-refractivity contribution in [2.45, 2.75) is 20.0 Å². The van der Waals surface area contributed by atoms with Crippen molar-refractivity contribution in [1.82, 2.24) is 15.1 Å². The topological polar surface area (TPSA) is 82.5 Å². The molecule has 1 aromatic heterocycles. The molecule has 1 heterocycles. The number of carbonyl (C=O) groups excluding carboxylic acids is 1. The summed E-state index contributed by atoms with van der Waals surface area (Å²) >= 11 is 0. The molecule has 2 aromatic carbocycles. The number of benzene rings is 2. The summed E-state index contributed by atoms with van der Waals surface area (Å²) in [5, 5.41) is 6.85. The molecule has 0 unspecified atom stereocenters. The third-order valence-corrected chi connectivity index (χ3v) is 4.47. The number of rotatable bonds is 8. The second kappa shape index (κ2) is 9.84. The minimum absolute atomic E-state index is 0.0905. The zero-order chi connectivity index (χ0) is 22.4. The number of hydrogen-bond acceptors (Lipinski definition) is 5. The quantitative estimate of drug-likeness (QED) is 0.595. The number of aryl methyl sites for hydroxylation is 1. The average molecular weight is 429 g/mol. The Balaban J connectivity index is 1.71. The molecule has 3 aromatic rings. The highest BCUT2D eigenvalue weighted by Gasteiger charge is 2.16. The van der Waals surface area contributed by atoms with Crippen LogP contribution in [0, 0.1) is 6.92 Å². The Morgan fingerprint density at radius 2 is 1.87 bits per heavy atom. The Hall–Kier alpha value is -3.75. The van der Waals surface area contributed by atoms with Crippen LogP contribution in [0.1, 0.15) is 21.7 Å². The van der Waals surface area contributed by atoms with Crippen molar-refractivity contribution in [3.8, 4) is 17.2 Å². The van der Waals surface area contributed by atoms with E-state index in [1.54, 1.807) is 13.0 Å². The first-order chi connectivity index (χ1) is 14.9. The lowest BCUT2D eigenvalue weighted by atomic mass is 10.1. The number of amides is 1. The molecule has 7 nitrogen and oxygen atoms in total. The maximum absolute atomic E-state index is 12.6. The van der Waals surface area contributed by atoms with E-state index in [9.17, 15) is 18.4 Å². The second-order valence-electron chi connectivity index (χ2n) is 6.62. The Morgan fingerprint density at radius 1 is 1.13 bits per heavy atom. The predicted octanol–water partition coefficient (Wildman–Crippen LogP) is 3.12. The maximum atomic E-state index is 12.6. The summed E-state index contributed by atoms with van der Waals surface area (Å²) in [7, 11) is 1.35. The number of halogens is 2. The lowest BCUT2D eigenvalue weighted by Gasteiger charge is -2.12. The van der Waals surface area contributed by atoms with Crippen LogP contribution in [0.5, 0.6) is 11.5 Å². The van der Waals surface area contributed by atoms with Gasteiger partial charge in [0.15, 0.2) is 17.2 Å². The first-order valence-electron chi connectivity index (χ1n) is 9.45. The molecule has 3 rings (SSSR count). The molecule has 0 bridgehead atoms. The predicted molar refractivity (Wildman–Crippen MR) is 110 cm³/mol. The third-order valence-electron chi connectivity index (χ3n) is 4.47. The Kier molecular flexibility index (Phi) is 6.96. The fourth-order valence-corrected chi connectivity index (χ4v) is 3.00. The molecular formula is C22H21F2N3O4. The monoisotopic (exact) mass is 429 g/mol. The standard InChI is InChI=1S/C22H21F2N3O4/c1-14-12-17(28)20(26-27(14)16-6-4-3-5-7-16)21(29)25-11-10-15-8-9-18(30-2)19(13-15)31-22(23)24/h3-9,12-13,22H,10-11H2,1-2H3,(H,25,29). The van der Waals surface area contributed by atoms with Crippen LogP contribution in [-0.4, -0.2) is 36.0 Å². The number of aromatic nitrogens is 2. The fraction of sp³-hybridized carbons (Fsp3) is 0.227. The van der Waals surface area contributed by atoms with Crippen molar-refractivity contribution < 1.29 is 23.0 Å². The van der Waals surface area contributed by atoms with Crippen molar-refractivity contribution in [3.63, 3.8) is 0 Å². The lowest BCUT2D eigenvalue weighted by molar-refractivity contribution is -0.0512. The summed E-state index contributed by atoms with van der Waals surface area (Å²) in [6, 6.07) is 15.1. The van der Waals surface area contributed by atoms with Gasteiger partial charge in [0.2, 0.25) is 5.43 Å². The van der Waals surface area contributed by atoms with E-state index >= 15 is 0 Å². The van der Waals surface area contributed by atoms with E-state index in [2.05, 4.69) is 15.2 Å². The van der Waals surface area contributed by atoms with Crippen molar-refractivity contribution in [3.05, 3.63) is 81.8 Å². The van der Waals surface area contributed by atoms with E-state index < -0.39 is 17.9 Å². The zero-order valence-corrected chi connectivity index (χ0v) is 17.0. The largest absolute Gasteiger partial charge is 0.493 e. The molecule has 1 N–H and O–H groups in total. The van der Waals surface area contributed by atoms with Crippen LogP contribution in [0.3, 0.4) is 0 Å². The molecule has 0 saturated carbocycles. The number of nitrogens with one attached hydrogen (secondary N) is 1. The highest BCUT2D eigenvalue weighted by Crippen LogP contribution is 2.29. The molecular weight excluding hydrogens is 408 g/mol. The minimum atomic E-state index is -2.98. The maximum Gasteiger partial charge on any atom is 0.387 e. The fourth-order valence-electron chi connectivity index (χ4n) is 3.00. The molecule has 9 heteroatoms. The Bertz CT molecular complexity index is 1120. The third kappa shape index (κ3) is 5.44. The van der Waals surface area contributed by atoms with Gasteiger partial charge in [0.25, 0.3) is 5.91 Å². The van der Waals surface area contributed by atoms with Gasteiger partial charge in [-0.2, -0.15) is 13.9 Å². The highest BCUT2D eigenvalue weighted by atomic mass is 19.3. The van der Waals surface area contributed by atoms with Crippen molar-refractivity contribution in [2.75, 3.05) is 13.7 Å². The van der Waals surface area contributed by atoms with Gasteiger partial charge < -0.3 is 14.8 Å². The molecule has 0 aliphatic heterocycles. The van der Waals surface area contributed by atoms with Crippen molar-refractivity contribution >= 4 is 5.91 Å². The molecule has 0 saturated heterocycles.